The van der Waals surface area contributed by atoms with E-state index in [1.165, 1.54) is 0 Å². The highest BCUT2D eigenvalue weighted by Crippen LogP contribution is 2.32. The summed E-state index contributed by atoms with van der Waals surface area (Å²) in [4.78, 5) is 12.4. The van der Waals surface area contributed by atoms with Crippen LogP contribution in [0.5, 0.6) is 5.75 Å². The summed E-state index contributed by atoms with van der Waals surface area (Å²) in [5.74, 6) is 0.282. The van der Waals surface area contributed by atoms with E-state index in [1.54, 1.807) is 25.3 Å². The SMILES string of the molecule is COc1c(Br)cc(/C=C(/C#N)C(=O)Nc2ccccc2C)cc1I. The standard InChI is InChI=1S/C18H14BrIN2O2/c1-11-5-3-4-6-16(11)22-18(23)13(10-21)7-12-8-14(19)17(24-2)15(20)9-12/h3-9H,1-2H3,(H,22,23)/b13-7-. The molecule has 4 nitrogen and oxygen atoms in total. The fourth-order valence-electron chi connectivity index (χ4n) is 2.08. The number of nitrogens with one attached hydrogen (secondary N) is 1. The van der Waals surface area contributed by atoms with Crippen molar-refractivity contribution in [3.63, 3.8) is 0 Å². The number of amides is 1. The van der Waals surface area contributed by atoms with E-state index in [4.69, 9.17) is 4.74 Å². The fraction of sp³-hybridized carbons (Fsp3) is 0.111. The molecule has 1 amide bonds. The van der Waals surface area contributed by atoms with E-state index < -0.39 is 5.91 Å². The van der Waals surface area contributed by atoms with Crippen molar-refractivity contribution in [2.45, 2.75) is 6.92 Å². The van der Waals surface area contributed by atoms with Crippen molar-refractivity contribution in [3.8, 4) is 11.8 Å². The van der Waals surface area contributed by atoms with Gasteiger partial charge >= 0.3 is 0 Å². The number of halogens is 2. The molecule has 0 aromatic heterocycles. The highest BCUT2D eigenvalue weighted by atomic mass is 127. The monoisotopic (exact) mass is 496 g/mol. The van der Waals surface area contributed by atoms with E-state index in [-0.39, 0.29) is 5.57 Å². The first-order valence-electron chi connectivity index (χ1n) is 6.98. The normalized spacial score (nSPS) is 10.9. The maximum Gasteiger partial charge on any atom is 0.266 e. The van der Waals surface area contributed by atoms with Crippen LogP contribution in [0, 0.1) is 21.8 Å². The van der Waals surface area contributed by atoms with Crippen LogP contribution in [0.25, 0.3) is 6.08 Å². The number of benzene rings is 2. The van der Waals surface area contributed by atoms with Gasteiger partial charge in [-0.3, -0.25) is 4.79 Å². The van der Waals surface area contributed by atoms with Crippen molar-refractivity contribution >= 4 is 56.2 Å². The Balaban J connectivity index is 2.31. The highest BCUT2D eigenvalue weighted by molar-refractivity contribution is 14.1. The molecule has 0 aliphatic carbocycles. The van der Waals surface area contributed by atoms with Crippen molar-refractivity contribution < 1.29 is 9.53 Å². The Kier molecular flexibility index (Phi) is 6.40. The van der Waals surface area contributed by atoms with E-state index in [1.807, 2.05) is 37.3 Å². The summed E-state index contributed by atoms with van der Waals surface area (Å²) in [5.41, 5.74) is 2.40. The predicted octanol–water partition coefficient (Wildman–Crippen LogP) is 4.92. The van der Waals surface area contributed by atoms with Gasteiger partial charge in [-0.1, -0.05) is 18.2 Å². The van der Waals surface area contributed by atoms with Gasteiger partial charge in [0.1, 0.15) is 17.4 Å². The molecule has 0 fully saturated rings. The molecule has 0 saturated carbocycles. The van der Waals surface area contributed by atoms with Gasteiger partial charge in [0.15, 0.2) is 0 Å². The van der Waals surface area contributed by atoms with E-state index in [0.29, 0.717) is 5.69 Å². The number of carbonyl (C=O) groups excluding carboxylic acids is 1. The molecule has 0 spiro atoms. The molecule has 0 aliphatic heterocycles. The van der Waals surface area contributed by atoms with Gasteiger partial charge in [-0.25, -0.2) is 0 Å². The summed E-state index contributed by atoms with van der Waals surface area (Å²) < 4.78 is 6.93. The molecule has 0 heterocycles. The number of para-hydroxylation sites is 1. The van der Waals surface area contributed by atoms with E-state index in [9.17, 15) is 10.1 Å². The lowest BCUT2D eigenvalue weighted by molar-refractivity contribution is -0.112. The maximum absolute atomic E-state index is 12.4. The van der Waals surface area contributed by atoms with Gasteiger partial charge in [-0.2, -0.15) is 5.26 Å². The first-order valence-corrected chi connectivity index (χ1v) is 8.85. The average Bonchev–Trinajstić information content (AvgIpc) is 2.54. The lowest BCUT2D eigenvalue weighted by Crippen LogP contribution is -2.14. The molecule has 2 rings (SSSR count). The van der Waals surface area contributed by atoms with Gasteiger partial charge in [-0.15, -0.1) is 0 Å². The summed E-state index contributed by atoms with van der Waals surface area (Å²) in [6, 6.07) is 13.0. The molecular weight excluding hydrogens is 483 g/mol. The zero-order valence-electron chi connectivity index (χ0n) is 13.1. The Morgan fingerprint density at radius 2 is 2.08 bits per heavy atom. The molecule has 0 radical (unpaired) electrons. The van der Waals surface area contributed by atoms with Crippen LogP contribution in [0.15, 0.2) is 46.4 Å². The second kappa shape index (κ2) is 8.31. The Hall–Kier alpha value is -1.85. The number of hydrogen-bond donors (Lipinski definition) is 1. The van der Waals surface area contributed by atoms with Gasteiger partial charge in [0, 0.05) is 5.69 Å². The zero-order chi connectivity index (χ0) is 17.7. The Morgan fingerprint density at radius 1 is 1.38 bits per heavy atom. The summed E-state index contributed by atoms with van der Waals surface area (Å²) in [5, 5.41) is 12.1. The molecule has 122 valence electrons. The lowest BCUT2D eigenvalue weighted by atomic mass is 10.1. The lowest BCUT2D eigenvalue weighted by Gasteiger charge is -2.09. The third-order valence-corrected chi connectivity index (χ3v) is 4.68. The van der Waals surface area contributed by atoms with Crippen LogP contribution in [0.3, 0.4) is 0 Å². The Bertz CT molecular complexity index is 833. The molecule has 0 unspecified atom stereocenters. The maximum atomic E-state index is 12.4. The molecule has 24 heavy (non-hydrogen) atoms. The number of methoxy groups -OCH3 is 1. The van der Waals surface area contributed by atoms with Crippen LogP contribution in [-0.4, -0.2) is 13.0 Å². The molecule has 1 N–H and O–H groups in total. The van der Waals surface area contributed by atoms with Crippen LogP contribution in [-0.2, 0) is 4.79 Å². The topological polar surface area (TPSA) is 62.1 Å². The molecule has 6 heteroatoms. The molecule has 0 bridgehead atoms. The third-order valence-electron chi connectivity index (χ3n) is 3.29. The highest BCUT2D eigenvalue weighted by Gasteiger charge is 2.12. The van der Waals surface area contributed by atoms with Gasteiger partial charge < -0.3 is 10.1 Å². The Morgan fingerprint density at radius 3 is 2.67 bits per heavy atom. The third kappa shape index (κ3) is 4.36. The number of aryl methyl sites for hydroxylation is 1. The first kappa shape index (κ1) is 18.5. The van der Waals surface area contributed by atoms with Crippen LogP contribution in [0.4, 0.5) is 5.69 Å². The second-order valence-corrected chi connectivity index (χ2v) is 6.97. The number of rotatable bonds is 4. The average molecular weight is 497 g/mol. The van der Waals surface area contributed by atoms with E-state index in [0.717, 1.165) is 24.9 Å². The number of nitriles is 1. The van der Waals surface area contributed by atoms with E-state index in [2.05, 4.69) is 43.8 Å². The van der Waals surface area contributed by atoms with Crippen molar-refractivity contribution in [3.05, 3.63) is 61.1 Å². The van der Waals surface area contributed by atoms with Gasteiger partial charge in [0.2, 0.25) is 0 Å². The second-order valence-electron chi connectivity index (χ2n) is 4.96. The summed E-state index contributed by atoms with van der Waals surface area (Å²) in [7, 11) is 1.59. The number of hydrogen-bond acceptors (Lipinski definition) is 3. The fourth-order valence-corrected chi connectivity index (χ4v) is 3.96. The van der Waals surface area contributed by atoms with Gasteiger partial charge in [0.25, 0.3) is 5.91 Å². The Labute approximate surface area is 162 Å². The first-order chi connectivity index (χ1) is 11.5. The molecule has 2 aromatic rings. The molecule has 0 aliphatic rings. The van der Waals surface area contributed by atoms with Crippen LogP contribution in [0.2, 0.25) is 0 Å². The van der Waals surface area contributed by atoms with Gasteiger partial charge in [-0.05, 0) is 80.8 Å². The minimum Gasteiger partial charge on any atom is -0.494 e. The summed E-state index contributed by atoms with van der Waals surface area (Å²) >= 11 is 5.57. The number of nitrogens with zero attached hydrogens (tertiary/aromatic N) is 1. The summed E-state index contributed by atoms with van der Waals surface area (Å²) in [6.45, 7) is 1.90. The minimum absolute atomic E-state index is 0.0334. The smallest absolute Gasteiger partial charge is 0.266 e. The largest absolute Gasteiger partial charge is 0.494 e. The van der Waals surface area contributed by atoms with Crippen LogP contribution < -0.4 is 10.1 Å². The van der Waals surface area contributed by atoms with Crippen LogP contribution >= 0.6 is 38.5 Å². The van der Waals surface area contributed by atoms with Crippen molar-refractivity contribution in [2.24, 2.45) is 0 Å². The van der Waals surface area contributed by atoms with Crippen molar-refractivity contribution in [1.29, 1.82) is 5.26 Å². The molecule has 0 atom stereocenters. The number of anilines is 1. The van der Waals surface area contributed by atoms with Crippen LogP contribution in [0.1, 0.15) is 11.1 Å². The van der Waals surface area contributed by atoms with E-state index >= 15 is 0 Å². The number of carbonyl (C=O) groups is 1. The molecular formula is C18H14BrIN2O2. The number of ether oxygens (including phenoxy) is 1. The zero-order valence-corrected chi connectivity index (χ0v) is 16.8. The summed E-state index contributed by atoms with van der Waals surface area (Å²) in [6.07, 6.45) is 1.56. The predicted molar refractivity (Wildman–Crippen MR) is 107 cm³/mol. The molecule has 0 saturated heterocycles. The van der Waals surface area contributed by atoms with Crippen molar-refractivity contribution in [2.75, 3.05) is 12.4 Å². The quantitative estimate of drug-likeness (QED) is 0.371. The minimum atomic E-state index is -0.436. The van der Waals surface area contributed by atoms with Crippen molar-refractivity contribution in [1.82, 2.24) is 0 Å². The van der Waals surface area contributed by atoms with Gasteiger partial charge in [0.05, 0.1) is 15.2 Å². The molecule has 2 aromatic carbocycles.